The fourth-order valence-electron chi connectivity index (χ4n) is 5.31. The van der Waals surface area contributed by atoms with Crippen molar-refractivity contribution in [2.75, 3.05) is 59.8 Å². The van der Waals surface area contributed by atoms with Crippen LogP contribution in [0.1, 0.15) is 61.8 Å². The number of carbonyl (C=O) groups excluding carboxylic acids is 2. The fourth-order valence-corrected chi connectivity index (χ4v) is 6.87. The molecule has 1 atom stereocenters. The molecule has 9 nitrogen and oxygen atoms in total. The Kier molecular flexibility index (Phi) is 13.7. The molecule has 1 heterocycles. The Labute approximate surface area is 259 Å². The number of amides is 1. The lowest BCUT2D eigenvalue weighted by molar-refractivity contribution is -0.128. The normalized spacial score (nSPS) is 15.3. The first-order chi connectivity index (χ1) is 20.1. The molecule has 43 heavy (non-hydrogen) atoms. The molecule has 1 aliphatic rings. The topological polar surface area (TPSA) is 90.5 Å². The number of Topliss-reactive ketones (excluding diaryl/α,β-unsaturated/α-hetero) is 1. The minimum absolute atomic E-state index is 0.0765. The number of sulfonamides is 1. The molecule has 240 valence electrons. The zero-order chi connectivity index (χ0) is 32.5. The highest BCUT2D eigenvalue weighted by Crippen LogP contribution is 2.28. The lowest BCUT2D eigenvalue weighted by Gasteiger charge is -2.37. The van der Waals surface area contributed by atoms with E-state index in [4.69, 9.17) is 4.74 Å². The van der Waals surface area contributed by atoms with Gasteiger partial charge in [-0.25, -0.2) is 8.42 Å². The predicted octanol–water partition coefficient (Wildman–Crippen LogP) is 4.81. The van der Waals surface area contributed by atoms with Crippen molar-refractivity contribution < 1.29 is 22.7 Å². The van der Waals surface area contributed by atoms with Gasteiger partial charge in [-0.2, -0.15) is 4.31 Å². The molecule has 0 bridgehead atoms. The van der Waals surface area contributed by atoms with Crippen molar-refractivity contribution in [3.05, 3.63) is 52.6 Å². The van der Waals surface area contributed by atoms with Crippen LogP contribution in [-0.2, 0) is 26.2 Å². The minimum Gasteiger partial charge on any atom is -0.497 e. The molecule has 1 amide bonds. The number of anilines is 1. The number of hydrogen-bond acceptors (Lipinski definition) is 7. The smallest absolute Gasteiger partial charge is 0.243 e. The van der Waals surface area contributed by atoms with Crippen molar-refractivity contribution in [2.45, 2.75) is 77.8 Å². The molecule has 3 rings (SSSR count). The summed E-state index contributed by atoms with van der Waals surface area (Å²) in [4.78, 5) is 29.9. The number of aryl methyl sites for hydroxylation is 3. The van der Waals surface area contributed by atoms with Crippen molar-refractivity contribution in [1.29, 1.82) is 0 Å². The van der Waals surface area contributed by atoms with Crippen LogP contribution in [0.4, 0.5) is 5.69 Å². The average molecular weight is 617 g/mol. The molecule has 0 radical (unpaired) electrons. The molecule has 2 aromatic rings. The number of rotatable bonds is 11. The van der Waals surface area contributed by atoms with E-state index in [-0.39, 0.29) is 23.1 Å². The van der Waals surface area contributed by atoms with Crippen molar-refractivity contribution in [1.82, 2.24) is 14.1 Å². The number of hydrogen-bond donors (Lipinski definition) is 0. The van der Waals surface area contributed by atoms with Gasteiger partial charge in [0.1, 0.15) is 11.5 Å². The Bertz CT molecular complexity index is 1340. The van der Waals surface area contributed by atoms with Gasteiger partial charge in [-0.05, 0) is 101 Å². The Morgan fingerprint density at radius 3 is 2.14 bits per heavy atom. The van der Waals surface area contributed by atoms with E-state index >= 15 is 0 Å². The Hall–Kier alpha value is -2.95. The van der Waals surface area contributed by atoms with E-state index < -0.39 is 10.0 Å². The van der Waals surface area contributed by atoms with Gasteiger partial charge in [0.2, 0.25) is 15.9 Å². The molecule has 0 N–H and O–H groups in total. The average Bonchev–Trinajstić information content (AvgIpc) is 2.93. The Morgan fingerprint density at radius 1 is 1.00 bits per heavy atom. The summed E-state index contributed by atoms with van der Waals surface area (Å²) in [5, 5.41) is 0. The molecular weight excluding hydrogens is 564 g/mol. The van der Waals surface area contributed by atoms with Gasteiger partial charge < -0.3 is 19.4 Å². The third-order valence-electron chi connectivity index (χ3n) is 8.03. The van der Waals surface area contributed by atoms with Crippen molar-refractivity contribution in [3.8, 4) is 5.75 Å². The molecule has 1 fully saturated rings. The van der Waals surface area contributed by atoms with Crippen LogP contribution in [-0.4, -0.2) is 95.2 Å². The lowest BCUT2D eigenvalue weighted by atomic mass is 10.0. The lowest BCUT2D eigenvalue weighted by Crippen LogP contribution is -2.45. The third kappa shape index (κ3) is 10.0. The predicted molar refractivity (Wildman–Crippen MR) is 174 cm³/mol. The summed E-state index contributed by atoms with van der Waals surface area (Å²) in [6, 6.07) is 10.6. The molecule has 10 heteroatoms. The van der Waals surface area contributed by atoms with E-state index in [1.807, 2.05) is 14.0 Å². The molecule has 1 unspecified atom stereocenters. The van der Waals surface area contributed by atoms with Gasteiger partial charge in [-0.1, -0.05) is 13.0 Å². The van der Waals surface area contributed by atoms with E-state index in [2.05, 4.69) is 49.0 Å². The van der Waals surface area contributed by atoms with Gasteiger partial charge >= 0.3 is 0 Å². The highest BCUT2D eigenvalue weighted by atomic mass is 32.2. The molecule has 0 aliphatic carbocycles. The monoisotopic (exact) mass is 616 g/mol. The first-order valence-corrected chi connectivity index (χ1v) is 16.4. The van der Waals surface area contributed by atoms with Gasteiger partial charge in [0, 0.05) is 58.8 Å². The van der Waals surface area contributed by atoms with Crippen LogP contribution in [0.5, 0.6) is 5.75 Å². The summed E-state index contributed by atoms with van der Waals surface area (Å²) in [5.74, 6) is 0.648. The number of likely N-dealkylation sites (N-methyl/N-ethyl adjacent to an activating group) is 2. The van der Waals surface area contributed by atoms with Gasteiger partial charge in [-0.15, -0.1) is 0 Å². The molecular formula is C33H52N4O5S. The van der Waals surface area contributed by atoms with Crippen molar-refractivity contribution in [3.63, 3.8) is 0 Å². The maximum atomic E-state index is 12.6. The van der Waals surface area contributed by atoms with Crippen LogP contribution in [0.2, 0.25) is 0 Å². The first kappa shape index (κ1) is 36.2. The first-order valence-electron chi connectivity index (χ1n) is 15.0. The molecule has 0 aromatic heterocycles. The summed E-state index contributed by atoms with van der Waals surface area (Å²) in [5.41, 5.74) is 5.02. The summed E-state index contributed by atoms with van der Waals surface area (Å²) >= 11 is 0. The number of piperidine rings is 1. The number of nitrogens with zero attached hydrogens (tertiary/aromatic N) is 4. The second kappa shape index (κ2) is 16.2. The summed E-state index contributed by atoms with van der Waals surface area (Å²) in [6.45, 7) is 11.9. The number of carbonyl (C=O) groups is 2. The van der Waals surface area contributed by atoms with Crippen LogP contribution in [0.3, 0.4) is 0 Å². The van der Waals surface area contributed by atoms with E-state index in [1.165, 1.54) is 43.8 Å². The molecule has 0 saturated carbocycles. The summed E-state index contributed by atoms with van der Waals surface area (Å²) in [6.07, 6.45) is 3.63. The minimum atomic E-state index is -3.68. The zero-order valence-corrected chi connectivity index (χ0v) is 28.7. The van der Waals surface area contributed by atoms with E-state index in [0.29, 0.717) is 42.3 Å². The maximum absolute atomic E-state index is 12.6. The molecule has 2 aromatic carbocycles. The maximum Gasteiger partial charge on any atom is 0.243 e. The SMILES string of the molecule is CC(=O)N(C)Cc1ccc(N2CCCC(N(C)C)C2)cc1C.CCCC(=O)CN(C)S(=O)(=O)c1c(C)cc(OC)cc1C. The third-order valence-corrected chi connectivity index (χ3v) is 10.1. The standard InChI is InChI=1S/C18H29N3O.C15H23NO4S/c1-14-11-17(9-8-16(14)12-20(5)15(2)22)21-10-6-7-18(13-21)19(3)4;1-6-7-13(17)10-16(4)21(18,19)15-11(2)8-14(20-5)9-12(15)3/h8-9,11,18H,6-7,10,12-13H2,1-5H3;8-9H,6-7,10H2,1-5H3. The van der Waals surface area contributed by atoms with Crippen LogP contribution < -0.4 is 9.64 Å². The van der Waals surface area contributed by atoms with Gasteiger partial charge in [0.05, 0.1) is 18.6 Å². The largest absolute Gasteiger partial charge is 0.497 e. The second-order valence-corrected chi connectivity index (χ2v) is 13.8. The highest BCUT2D eigenvalue weighted by molar-refractivity contribution is 7.89. The zero-order valence-electron chi connectivity index (χ0n) is 27.9. The number of ether oxygens (including phenoxy) is 1. The van der Waals surface area contributed by atoms with Crippen LogP contribution in [0.25, 0.3) is 0 Å². The molecule has 0 spiro atoms. The summed E-state index contributed by atoms with van der Waals surface area (Å²) < 4.78 is 31.5. The number of methoxy groups -OCH3 is 1. The Morgan fingerprint density at radius 2 is 1.63 bits per heavy atom. The van der Waals surface area contributed by atoms with Gasteiger partial charge in [0.25, 0.3) is 0 Å². The van der Waals surface area contributed by atoms with Crippen LogP contribution in [0, 0.1) is 20.8 Å². The van der Waals surface area contributed by atoms with Gasteiger partial charge in [-0.3, -0.25) is 9.59 Å². The number of ketones is 1. The second-order valence-electron chi connectivity index (χ2n) is 11.8. The molecule has 1 aliphatic heterocycles. The summed E-state index contributed by atoms with van der Waals surface area (Å²) in [7, 11) is 5.48. The van der Waals surface area contributed by atoms with E-state index in [1.54, 1.807) is 37.8 Å². The molecule has 1 saturated heterocycles. The fraction of sp³-hybridized carbons (Fsp3) is 0.576. The quantitative estimate of drug-likeness (QED) is 0.358. The number of benzene rings is 2. The van der Waals surface area contributed by atoms with Gasteiger partial charge in [0.15, 0.2) is 0 Å². The highest BCUT2D eigenvalue weighted by Gasteiger charge is 2.27. The van der Waals surface area contributed by atoms with Crippen molar-refractivity contribution >= 4 is 27.4 Å². The van der Waals surface area contributed by atoms with Crippen LogP contribution >= 0.6 is 0 Å². The Balaban J connectivity index is 0.000000301. The van der Waals surface area contributed by atoms with E-state index in [9.17, 15) is 18.0 Å². The van der Waals surface area contributed by atoms with Crippen molar-refractivity contribution in [2.24, 2.45) is 0 Å². The van der Waals surface area contributed by atoms with E-state index in [0.717, 1.165) is 17.4 Å². The van der Waals surface area contributed by atoms with Crippen LogP contribution in [0.15, 0.2) is 35.2 Å².